The van der Waals surface area contributed by atoms with Crippen LogP contribution in [0.3, 0.4) is 0 Å². The molecule has 1 saturated heterocycles. The van der Waals surface area contributed by atoms with Crippen LogP contribution in [-0.4, -0.2) is 44.7 Å². The molecule has 3 atom stereocenters. The minimum atomic E-state index is -0.853. The van der Waals surface area contributed by atoms with Gasteiger partial charge in [0.2, 0.25) is 0 Å². The maximum Gasteiger partial charge on any atom is 0.330 e. The Morgan fingerprint density at radius 3 is 2.81 bits per heavy atom. The fraction of sp³-hybridized carbons (Fsp3) is 0.692. The Morgan fingerprint density at radius 2 is 2.24 bits per heavy atom. The predicted octanol–water partition coefficient (Wildman–Crippen LogP) is -0.898. The molecule has 1 aromatic rings. The highest BCUT2D eigenvalue weighted by Gasteiger charge is 2.35. The molecule has 0 radical (unpaired) electrons. The van der Waals surface area contributed by atoms with Crippen molar-refractivity contribution >= 4 is 0 Å². The van der Waals surface area contributed by atoms with Crippen LogP contribution in [0.1, 0.15) is 32.1 Å². The molecule has 0 amide bonds. The molecule has 0 bridgehead atoms. The van der Waals surface area contributed by atoms with E-state index < -0.39 is 29.7 Å². The van der Waals surface area contributed by atoms with E-state index >= 15 is 0 Å². The fourth-order valence-electron chi connectivity index (χ4n) is 2.15. The van der Waals surface area contributed by atoms with E-state index in [1.165, 1.54) is 10.8 Å². The summed E-state index contributed by atoms with van der Waals surface area (Å²) >= 11 is 0. The van der Waals surface area contributed by atoms with Gasteiger partial charge in [-0.25, -0.2) is 4.79 Å². The van der Waals surface area contributed by atoms with E-state index in [-0.39, 0.29) is 25.7 Å². The Balaban J connectivity index is 2.26. The molecule has 1 aliphatic heterocycles. The van der Waals surface area contributed by atoms with E-state index in [2.05, 4.69) is 4.98 Å². The molecule has 0 aromatic carbocycles. The number of hydrogen-bond acceptors (Lipinski definition) is 6. The molecule has 3 N–H and O–H groups in total. The van der Waals surface area contributed by atoms with Crippen LogP contribution in [-0.2, 0) is 16.1 Å². The number of hydrogen-bond donors (Lipinski definition) is 3. The number of aromatic amines is 1. The van der Waals surface area contributed by atoms with Crippen molar-refractivity contribution in [3.63, 3.8) is 0 Å². The van der Waals surface area contributed by atoms with Crippen LogP contribution in [0, 0.1) is 0 Å². The van der Waals surface area contributed by atoms with E-state index in [0.29, 0.717) is 5.56 Å². The number of H-pyrrole nitrogens is 1. The monoisotopic (exact) mass is 300 g/mol. The standard InChI is InChI=1S/C13H20N2O6/c1-7(2)20-6-8-4-15(13(19)14-12(8)18)11-3-9(17)10(5-16)21-11/h4,7,9-11,16-17H,3,5-6H2,1-2H3,(H,14,18,19)/t9-,10-,11-/m1/s1. The number of aliphatic hydroxyl groups excluding tert-OH is 2. The molecule has 0 spiro atoms. The van der Waals surface area contributed by atoms with E-state index in [4.69, 9.17) is 14.6 Å². The van der Waals surface area contributed by atoms with Gasteiger partial charge >= 0.3 is 5.69 Å². The molecule has 118 valence electrons. The second kappa shape index (κ2) is 6.52. The largest absolute Gasteiger partial charge is 0.394 e. The highest BCUT2D eigenvalue weighted by molar-refractivity contribution is 5.04. The Hall–Kier alpha value is -1.48. The Bertz CT molecular complexity index is 593. The lowest BCUT2D eigenvalue weighted by Crippen LogP contribution is -2.34. The molecule has 8 heteroatoms. The summed E-state index contributed by atoms with van der Waals surface area (Å²) < 4.78 is 12.0. The Morgan fingerprint density at radius 1 is 1.52 bits per heavy atom. The number of aromatic nitrogens is 2. The van der Waals surface area contributed by atoms with Crippen molar-refractivity contribution in [3.8, 4) is 0 Å². The van der Waals surface area contributed by atoms with Crippen LogP contribution < -0.4 is 11.2 Å². The number of ether oxygens (including phenoxy) is 2. The molecule has 0 aliphatic carbocycles. The highest BCUT2D eigenvalue weighted by atomic mass is 16.5. The second-order valence-corrected chi connectivity index (χ2v) is 5.30. The SMILES string of the molecule is CC(C)OCc1cn([C@H]2C[C@@H](O)[C@@H](CO)O2)c(=O)[nH]c1=O. The van der Waals surface area contributed by atoms with Gasteiger partial charge in [-0.2, -0.15) is 0 Å². The zero-order valence-corrected chi connectivity index (χ0v) is 12.0. The third kappa shape index (κ3) is 3.59. The van der Waals surface area contributed by atoms with Crippen LogP contribution >= 0.6 is 0 Å². The van der Waals surface area contributed by atoms with Crippen molar-refractivity contribution in [3.05, 3.63) is 32.6 Å². The molecule has 0 unspecified atom stereocenters. The molecule has 8 nitrogen and oxygen atoms in total. The average molecular weight is 300 g/mol. The first-order valence-electron chi connectivity index (χ1n) is 6.82. The molecule has 2 rings (SSSR count). The summed E-state index contributed by atoms with van der Waals surface area (Å²) in [7, 11) is 0. The third-order valence-electron chi connectivity index (χ3n) is 3.31. The molecule has 21 heavy (non-hydrogen) atoms. The quantitative estimate of drug-likeness (QED) is 0.649. The van der Waals surface area contributed by atoms with E-state index in [9.17, 15) is 14.7 Å². The van der Waals surface area contributed by atoms with Crippen molar-refractivity contribution in [2.45, 2.75) is 51.4 Å². The van der Waals surface area contributed by atoms with Gasteiger partial charge in [0, 0.05) is 12.6 Å². The van der Waals surface area contributed by atoms with E-state index in [0.717, 1.165) is 0 Å². The number of nitrogens with one attached hydrogen (secondary N) is 1. The molecular formula is C13H20N2O6. The lowest BCUT2D eigenvalue weighted by Gasteiger charge is -2.15. The predicted molar refractivity (Wildman–Crippen MR) is 72.9 cm³/mol. The van der Waals surface area contributed by atoms with Crippen molar-refractivity contribution < 1.29 is 19.7 Å². The van der Waals surface area contributed by atoms with Gasteiger partial charge in [-0.3, -0.25) is 14.3 Å². The fourth-order valence-corrected chi connectivity index (χ4v) is 2.15. The zero-order chi connectivity index (χ0) is 15.6. The topological polar surface area (TPSA) is 114 Å². The summed E-state index contributed by atoms with van der Waals surface area (Å²) in [5.41, 5.74) is -0.827. The van der Waals surface area contributed by atoms with Crippen LogP contribution in [0.2, 0.25) is 0 Å². The van der Waals surface area contributed by atoms with Crippen LogP contribution in [0.4, 0.5) is 0 Å². The highest BCUT2D eigenvalue weighted by Crippen LogP contribution is 2.27. The smallest absolute Gasteiger partial charge is 0.330 e. The first-order valence-corrected chi connectivity index (χ1v) is 6.82. The molecule has 0 saturated carbocycles. The van der Waals surface area contributed by atoms with Gasteiger partial charge < -0.3 is 19.7 Å². The van der Waals surface area contributed by atoms with Gasteiger partial charge in [-0.05, 0) is 13.8 Å². The maximum atomic E-state index is 11.9. The van der Waals surface area contributed by atoms with E-state index in [1.54, 1.807) is 0 Å². The lowest BCUT2D eigenvalue weighted by molar-refractivity contribution is -0.0461. The number of rotatable bonds is 5. The van der Waals surface area contributed by atoms with Gasteiger partial charge in [0.25, 0.3) is 5.56 Å². The molecular weight excluding hydrogens is 280 g/mol. The normalized spacial score (nSPS) is 25.7. The van der Waals surface area contributed by atoms with Crippen LogP contribution in [0.15, 0.2) is 15.8 Å². The Labute approximate surface area is 120 Å². The molecule has 1 fully saturated rings. The summed E-state index contributed by atoms with van der Waals surface area (Å²) in [6.45, 7) is 3.42. The van der Waals surface area contributed by atoms with Gasteiger partial charge in [0.05, 0.1) is 31.0 Å². The first-order chi connectivity index (χ1) is 9.92. The second-order valence-electron chi connectivity index (χ2n) is 5.30. The van der Waals surface area contributed by atoms with Gasteiger partial charge in [0.1, 0.15) is 12.3 Å². The zero-order valence-electron chi connectivity index (χ0n) is 12.0. The third-order valence-corrected chi connectivity index (χ3v) is 3.31. The maximum absolute atomic E-state index is 11.9. The molecule has 1 aromatic heterocycles. The number of nitrogens with zero attached hydrogens (tertiary/aromatic N) is 1. The van der Waals surface area contributed by atoms with Gasteiger partial charge in [-0.15, -0.1) is 0 Å². The molecule has 2 heterocycles. The summed E-state index contributed by atoms with van der Waals surface area (Å²) in [5, 5.41) is 18.8. The van der Waals surface area contributed by atoms with Crippen LogP contribution in [0.5, 0.6) is 0 Å². The summed E-state index contributed by atoms with van der Waals surface area (Å²) in [6, 6.07) is 0. The first kappa shape index (κ1) is 15.9. The van der Waals surface area contributed by atoms with Gasteiger partial charge in [-0.1, -0.05) is 0 Å². The summed E-state index contributed by atoms with van der Waals surface area (Å²) in [4.78, 5) is 25.8. The molecule has 1 aliphatic rings. The number of aliphatic hydroxyl groups is 2. The van der Waals surface area contributed by atoms with E-state index in [1.807, 2.05) is 13.8 Å². The summed E-state index contributed by atoms with van der Waals surface area (Å²) in [5.74, 6) is 0. The Kier molecular flexibility index (Phi) is 4.94. The minimum absolute atomic E-state index is 0.0481. The van der Waals surface area contributed by atoms with Crippen LogP contribution in [0.25, 0.3) is 0 Å². The van der Waals surface area contributed by atoms with Crippen molar-refractivity contribution in [2.24, 2.45) is 0 Å². The lowest BCUT2D eigenvalue weighted by atomic mass is 10.2. The summed E-state index contributed by atoms with van der Waals surface area (Å²) in [6.07, 6.45) is -0.812. The average Bonchev–Trinajstić information content (AvgIpc) is 2.78. The van der Waals surface area contributed by atoms with Crippen molar-refractivity contribution in [1.82, 2.24) is 9.55 Å². The van der Waals surface area contributed by atoms with Crippen molar-refractivity contribution in [1.29, 1.82) is 0 Å². The van der Waals surface area contributed by atoms with Crippen molar-refractivity contribution in [2.75, 3.05) is 6.61 Å². The van der Waals surface area contributed by atoms with Gasteiger partial charge in [0.15, 0.2) is 0 Å². The minimum Gasteiger partial charge on any atom is -0.394 e.